The van der Waals surface area contributed by atoms with Crippen LogP contribution in [0.25, 0.3) is 11.0 Å². The molecule has 11 heteroatoms. The van der Waals surface area contributed by atoms with Crippen molar-refractivity contribution in [3.8, 4) is 0 Å². The molecule has 0 bridgehead atoms. The molecule has 0 spiro atoms. The van der Waals surface area contributed by atoms with Gasteiger partial charge in [-0.05, 0) is 17.7 Å². The van der Waals surface area contributed by atoms with Gasteiger partial charge in [-0.25, -0.2) is 19.3 Å². The maximum absolute atomic E-state index is 12.2. The molecule has 0 aliphatic carbocycles. The molecule has 26 heavy (non-hydrogen) atoms. The summed E-state index contributed by atoms with van der Waals surface area (Å²) in [5.41, 5.74) is 1.31. The average molecular weight is 391 g/mol. The molecule has 132 valence electrons. The van der Waals surface area contributed by atoms with Gasteiger partial charge in [0.25, 0.3) is 5.56 Å². The van der Waals surface area contributed by atoms with E-state index in [0.29, 0.717) is 34.7 Å². The van der Waals surface area contributed by atoms with Crippen LogP contribution in [0.15, 0.2) is 41.8 Å². The summed E-state index contributed by atoms with van der Waals surface area (Å²) < 4.78 is 3.16. The lowest BCUT2D eigenvalue weighted by molar-refractivity contribution is 0.505. The molecule has 0 aliphatic rings. The van der Waals surface area contributed by atoms with Crippen LogP contribution in [0.5, 0.6) is 0 Å². The van der Waals surface area contributed by atoms with Gasteiger partial charge in [0, 0.05) is 6.54 Å². The highest BCUT2D eigenvalue weighted by atomic mass is 35.5. The molecular formula is C15H12Cl2N8O. The first-order chi connectivity index (χ1) is 12.6. The first kappa shape index (κ1) is 16.6. The summed E-state index contributed by atoms with van der Waals surface area (Å²) in [5.74, 6) is 0.342. The van der Waals surface area contributed by atoms with E-state index in [1.165, 1.54) is 6.33 Å². The monoisotopic (exact) mass is 390 g/mol. The quantitative estimate of drug-likeness (QED) is 0.540. The molecule has 4 rings (SSSR count). The van der Waals surface area contributed by atoms with E-state index in [4.69, 9.17) is 23.2 Å². The Labute approximate surface area is 156 Å². The normalized spacial score (nSPS) is 11.2. The number of halogens is 2. The zero-order valence-corrected chi connectivity index (χ0v) is 14.7. The predicted molar refractivity (Wildman–Crippen MR) is 97.4 cm³/mol. The van der Waals surface area contributed by atoms with Crippen molar-refractivity contribution in [1.82, 2.24) is 34.5 Å². The Morgan fingerprint density at radius 1 is 1.19 bits per heavy atom. The fourth-order valence-electron chi connectivity index (χ4n) is 2.42. The van der Waals surface area contributed by atoms with Crippen LogP contribution in [0.2, 0.25) is 10.0 Å². The van der Waals surface area contributed by atoms with Crippen LogP contribution in [0.3, 0.4) is 0 Å². The van der Waals surface area contributed by atoms with Gasteiger partial charge in [0.15, 0.2) is 5.52 Å². The van der Waals surface area contributed by atoms with Crippen molar-refractivity contribution >= 4 is 40.2 Å². The Kier molecular flexibility index (Phi) is 4.31. The van der Waals surface area contributed by atoms with Gasteiger partial charge in [-0.2, -0.15) is 10.2 Å². The molecule has 0 fully saturated rings. The Morgan fingerprint density at radius 3 is 2.85 bits per heavy atom. The van der Waals surface area contributed by atoms with Gasteiger partial charge in [0.2, 0.25) is 5.95 Å². The minimum atomic E-state index is -0.330. The topological polar surface area (TPSA) is 106 Å². The van der Waals surface area contributed by atoms with Gasteiger partial charge >= 0.3 is 0 Å². The Hall–Kier alpha value is -2.91. The van der Waals surface area contributed by atoms with Crippen LogP contribution >= 0.6 is 23.2 Å². The molecule has 0 saturated heterocycles. The average Bonchev–Trinajstić information content (AvgIpc) is 3.26. The highest BCUT2D eigenvalue weighted by Crippen LogP contribution is 2.22. The van der Waals surface area contributed by atoms with Gasteiger partial charge in [-0.1, -0.05) is 29.3 Å². The van der Waals surface area contributed by atoms with Crippen molar-refractivity contribution in [2.24, 2.45) is 0 Å². The second kappa shape index (κ2) is 6.77. The zero-order valence-electron chi connectivity index (χ0n) is 13.2. The molecule has 9 nitrogen and oxygen atoms in total. The molecular weight excluding hydrogens is 379 g/mol. The first-order valence-electron chi connectivity index (χ1n) is 7.56. The fraction of sp³-hybridized carbons (Fsp3) is 0.133. The molecule has 0 amide bonds. The van der Waals surface area contributed by atoms with Crippen molar-refractivity contribution in [1.29, 1.82) is 0 Å². The summed E-state index contributed by atoms with van der Waals surface area (Å²) in [6.07, 6.45) is 4.67. The number of benzene rings is 1. The van der Waals surface area contributed by atoms with E-state index >= 15 is 0 Å². The third-order valence-corrected chi connectivity index (χ3v) is 4.36. The number of nitrogens with zero attached hydrogens (tertiary/aromatic N) is 6. The minimum Gasteiger partial charge on any atom is -0.352 e. The summed E-state index contributed by atoms with van der Waals surface area (Å²) in [4.78, 5) is 23.2. The lowest BCUT2D eigenvalue weighted by Gasteiger charge is -2.06. The number of H-pyrrole nitrogens is 1. The molecule has 3 heterocycles. The molecule has 0 atom stereocenters. The maximum atomic E-state index is 12.2. The molecule has 0 aliphatic heterocycles. The molecule has 2 N–H and O–H groups in total. The van der Waals surface area contributed by atoms with Gasteiger partial charge in [-0.3, -0.25) is 9.78 Å². The molecule has 0 unspecified atom stereocenters. The summed E-state index contributed by atoms with van der Waals surface area (Å²) >= 11 is 11.9. The van der Waals surface area contributed by atoms with Crippen LogP contribution in [-0.2, 0) is 13.2 Å². The number of fused-ring (bicyclic) bond motifs is 1. The smallest absolute Gasteiger partial charge is 0.280 e. The van der Waals surface area contributed by atoms with Gasteiger partial charge in [0.05, 0.1) is 16.2 Å². The van der Waals surface area contributed by atoms with Crippen LogP contribution in [-0.4, -0.2) is 34.5 Å². The van der Waals surface area contributed by atoms with E-state index in [1.54, 1.807) is 34.0 Å². The van der Waals surface area contributed by atoms with E-state index in [-0.39, 0.29) is 11.1 Å². The number of hydrogen-bond acceptors (Lipinski definition) is 6. The third kappa shape index (κ3) is 3.39. The van der Waals surface area contributed by atoms with E-state index in [1.807, 2.05) is 6.07 Å². The van der Waals surface area contributed by atoms with Gasteiger partial charge in [-0.15, -0.1) is 0 Å². The van der Waals surface area contributed by atoms with Crippen molar-refractivity contribution in [2.45, 2.75) is 13.2 Å². The van der Waals surface area contributed by atoms with E-state index < -0.39 is 0 Å². The van der Waals surface area contributed by atoms with Crippen LogP contribution < -0.4 is 10.9 Å². The summed E-state index contributed by atoms with van der Waals surface area (Å²) in [7, 11) is 0. The highest BCUT2D eigenvalue weighted by molar-refractivity contribution is 6.42. The lowest BCUT2D eigenvalue weighted by Crippen LogP contribution is -2.13. The minimum absolute atomic E-state index is 0.255. The van der Waals surface area contributed by atoms with E-state index in [2.05, 4.69) is 30.5 Å². The number of anilines is 1. The summed E-state index contributed by atoms with van der Waals surface area (Å²) in [6, 6.07) is 5.31. The second-order valence-electron chi connectivity index (χ2n) is 5.50. The molecule has 3 aromatic heterocycles. The SMILES string of the molecule is O=c1[nH]c(NCc2ccc(Cl)c(Cl)c2)nc2cn(Cn3cncn3)nc12. The summed E-state index contributed by atoms with van der Waals surface area (Å²) in [5, 5.41) is 12.3. The van der Waals surface area contributed by atoms with Crippen LogP contribution in [0.1, 0.15) is 5.56 Å². The van der Waals surface area contributed by atoms with Crippen molar-refractivity contribution in [2.75, 3.05) is 5.32 Å². The van der Waals surface area contributed by atoms with E-state index in [9.17, 15) is 4.79 Å². The highest BCUT2D eigenvalue weighted by Gasteiger charge is 2.09. The number of nitrogens with one attached hydrogen (secondary N) is 2. The van der Waals surface area contributed by atoms with Crippen LogP contribution in [0.4, 0.5) is 5.95 Å². The molecule has 1 aromatic carbocycles. The zero-order chi connectivity index (χ0) is 18.1. The Balaban J connectivity index is 1.56. The Morgan fingerprint density at radius 2 is 2.08 bits per heavy atom. The van der Waals surface area contributed by atoms with Gasteiger partial charge < -0.3 is 5.32 Å². The molecule has 4 aromatic rings. The van der Waals surface area contributed by atoms with E-state index in [0.717, 1.165) is 5.56 Å². The largest absolute Gasteiger partial charge is 0.352 e. The van der Waals surface area contributed by atoms with Crippen molar-refractivity contribution < 1.29 is 0 Å². The maximum Gasteiger partial charge on any atom is 0.280 e. The standard InChI is InChI=1S/C15H12Cl2N8O/c16-10-2-1-9(3-11(10)17)4-19-15-21-12-5-24(8-25-7-18-6-20-25)23-13(12)14(26)22-15/h1-3,5-7H,4,8H2,(H2,19,21,22,26). The third-order valence-electron chi connectivity index (χ3n) is 3.62. The van der Waals surface area contributed by atoms with Gasteiger partial charge in [0.1, 0.15) is 24.8 Å². The molecule has 0 radical (unpaired) electrons. The lowest BCUT2D eigenvalue weighted by atomic mass is 10.2. The number of rotatable bonds is 5. The van der Waals surface area contributed by atoms with Crippen LogP contribution in [0, 0.1) is 0 Å². The number of aromatic amines is 1. The number of hydrogen-bond donors (Lipinski definition) is 2. The first-order valence-corrected chi connectivity index (χ1v) is 8.32. The summed E-state index contributed by atoms with van der Waals surface area (Å²) in [6.45, 7) is 0.764. The molecule has 0 saturated carbocycles. The Bertz CT molecular complexity index is 1120. The second-order valence-corrected chi connectivity index (χ2v) is 6.31. The van der Waals surface area contributed by atoms with Crippen molar-refractivity contribution in [3.63, 3.8) is 0 Å². The van der Waals surface area contributed by atoms with Crippen molar-refractivity contribution in [3.05, 3.63) is 63.0 Å². The number of aromatic nitrogens is 7. The fourth-order valence-corrected chi connectivity index (χ4v) is 2.74. The predicted octanol–water partition coefficient (Wildman–Crippen LogP) is 2.14.